The summed E-state index contributed by atoms with van der Waals surface area (Å²) in [5.74, 6) is -0.0905. The van der Waals surface area contributed by atoms with Crippen LogP contribution < -0.4 is 14.5 Å². The van der Waals surface area contributed by atoms with Crippen LogP contribution in [0.3, 0.4) is 0 Å². The molecule has 10 heteroatoms. The predicted molar refractivity (Wildman–Crippen MR) is 150 cm³/mol. The van der Waals surface area contributed by atoms with Gasteiger partial charge in [-0.1, -0.05) is 59.3 Å². The van der Waals surface area contributed by atoms with E-state index in [1.165, 1.54) is 0 Å². The van der Waals surface area contributed by atoms with Gasteiger partial charge < -0.3 is 14.9 Å². The number of amides is 1. The highest BCUT2D eigenvalue weighted by Crippen LogP contribution is 2.41. The first kappa shape index (κ1) is 26.4. The second-order valence-electron chi connectivity index (χ2n) is 9.16. The van der Waals surface area contributed by atoms with Gasteiger partial charge in [0.05, 0.1) is 11.8 Å². The molecule has 1 saturated heterocycles. The highest BCUT2D eigenvalue weighted by atomic mass is 127. The van der Waals surface area contributed by atoms with Gasteiger partial charge in [-0.25, -0.2) is 13.1 Å². The van der Waals surface area contributed by atoms with Gasteiger partial charge in [-0.05, 0) is 54.8 Å². The summed E-state index contributed by atoms with van der Waals surface area (Å²) in [7, 11) is -1.76. The summed E-state index contributed by atoms with van der Waals surface area (Å²) in [5, 5.41) is 11.0. The third kappa shape index (κ3) is 5.69. The number of likely N-dealkylation sites (N-methyl/N-ethyl adjacent to an activating group) is 1. The molecular weight excluding hydrogens is 601 g/mol. The van der Waals surface area contributed by atoms with Crippen molar-refractivity contribution in [3.63, 3.8) is 0 Å². The Hall–Kier alpha value is -1.66. The number of hydrogen-bond acceptors (Lipinski definition) is 5. The van der Waals surface area contributed by atoms with Gasteiger partial charge in [-0.3, -0.25) is 4.79 Å². The van der Waals surface area contributed by atoms with Crippen molar-refractivity contribution in [2.24, 2.45) is 0 Å². The average Bonchev–Trinajstić information content (AvgIpc) is 2.78. The van der Waals surface area contributed by atoms with Crippen LogP contribution in [0.15, 0.2) is 48.5 Å². The molecule has 0 aliphatic carbocycles. The van der Waals surface area contributed by atoms with Crippen LogP contribution in [-0.2, 0) is 14.8 Å². The van der Waals surface area contributed by atoms with Crippen molar-refractivity contribution in [2.45, 2.75) is 48.9 Å². The zero-order chi connectivity index (χ0) is 25.5. The number of nitrogens with one attached hydrogen (secondary N) is 1. The second-order valence-corrected chi connectivity index (χ2v) is 13.5. The molecule has 2 unspecified atom stereocenters. The van der Waals surface area contributed by atoms with E-state index in [2.05, 4.69) is 27.3 Å². The number of anilines is 2. The molecule has 4 rings (SSSR count). The van der Waals surface area contributed by atoms with Gasteiger partial charge >= 0.3 is 0 Å². The van der Waals surface area contributed by atoms with Crippen LogP contribution in [0.2, 0.25) is 5.02 Å². The maximum atomic E-state index is 13.4. The summed E-state index contributed by atoms with van der Waals surface area (Å²) in [6.45, 7) is 3.79. The maximum Gasteiger partial charge on any atom is 0.227 e. The number of rotatable bonds is 6. The van der Waals surface area contributed by atoms with Gasteiger partial charge in [0, 0.05) is 45.4 Å². The van der Waals surface area contributed by atoms with Crippen LogP contribution in [-0.4, -0.2) is 48.4 Å². The number of hydrogen-bond donors (Lipinski definition) is 2. The van der Waals surface area contributed by atoms with Crippen molar-refractivity contribution in [1.29, 1.82) is 0 Å². The molecule has 0 bridgehead atoms. The molecule has 188 valence electrons. The van der Waals surface area contributed by atoms with E-state index in [-0.39, 0.29) is 22.0 Å². The van der Waals surface area contributed by atoms with E-state index in [4.69, 9.17) is 11.6 Å². The molecule has 2 heterocycles. The molecule has 4 atom stereocenters. The molecule has 0 radical (unpaired) electrons. The molecular formula is C25H29ClIN3O4S. The van der Waals surface area contributed by atoms with E-state index >= 15 is 0 Å². The summed E-state index contributed by atoms with van der Waals surface area (Å²) in [5.41, 5.74) is 4.17. The molecule has 2 aromatic rings. The molecule has 0 saturated carbocycles. The number of carbonyl (C=O) groups is 1. The van der Waals surface area contributed by atoms with Crippen molar-refractivity contribution in [3.8, 4) is 0 Å². The average molecular weight is 630 g/mol. The Morgan fingerprint density at radius 2 is 1.91 bits per heavy atom. The van der Waals surface area contributed by atoms with Crippen LogP contribution in [0.5, 0.6) is 0 Å². The number of fused-ring (bicyclic) bond motifs is 1. The van der Waals surface area contributed by atoms with Crippen LogP contribution in [0.4, 0.5) is 11.4 Å². The number of alkyl halides is 1. The van der Waals surface area contributed by atoms with Crippen LogP contribution in [0.1, 0.15) is 43.9 Å². The fraction of sp³-hybridized carbons (Fsp3) is 0.400. The molecule has 2 aliphatic rings. The molecule has 2 aliphatic heterocycles. The van der Waals surface area contributed by atoms with Gasteiger partial charge in [-0.2, -0.15) is 0 Å². The molecule has 1 fully saturated rings. The molecule has 7 nitrogen and oxygen atoms in total. The van der Waals surface area contributed by atoms with Crippen molar-refractivity contribution >= 4 is 67.1 Å². The third-order valence-electron chi connectivity index (χ3n) is 6.45. The Bertz CT molecular complexity index is 1250. The number of benzene rings is 2. The van der Waals surface area contributed by atoms with E-state index in [1.54, 1.807) is 35.1 Å². The monoisotopic (exact) mass is 629 g/mol. The second kappa shape index (κ2) is 10.4. The Balaban J connectivity index is 1.80. The number of nitrogens with zero attached hydrogens (tertiary/aromatic N) is 2. The number of allylic oxidation sites excluding steroid dienone is 1. The van der Waals surface area contributed by atoms with Crippen LogP contribution in [0.25, 0.3) is 5.57 Å². The molecule has 2 aromatic carbocycles. The fourth-order valence-electron chi connectivity index (χ4n) is 4.81. The summed E-state index contributed by atoms with van der Waals surface area (Å²) < 4.78 is 28.6. The number of halogens is 2. The van der Waals surface area contributed by atoms with Gasteiger partial charge in [0.1, 0.15) is 6.23 Å². The van der Waals surface area contributed by atoms with Gasteiger partial charge in [-0.15, -0.1) is 0 Å². The first-order chi connectivity index (χ1) is 16.5. The Labute approximate surface area is 225 Å². The molecule has 0 spiro atoms. The van der Waals surface area contributed by atoms with Gasteiger partial charge in [0.15, 0.2) is 0 Å². The molecule has 35 heavy (non-hydrogen) atoms. The summed E-state index contributed by atoms with van der Waals surface area (Å²) in [6.07, 6.45) is 1.62. The van der Waals surface area contributed by atoms with E-state index in [9.17, 15) is 18.3 Å². The Kier molecular flexibility index (Phi) is 7.82. The maximum absolute atomic E-state index is 13.4. The van der Waals surface area contributed by atoms with E-state index in [0.29, 0.717) is 17.1 Å². The molecule has 1 amide bonds. The van der Waals surface area contributed by atoms with Crippen molar-refractivity contribution in [1.82, 2.24) is 4.72 Å². The largest absolute Gasteiger partial charge is 0.370 e. The van der Waals surface area contributed by atoms with Crippen LogP contribution >= 0.6 is 34.2 Å². The normalized spacial score (nSPS) is 23.7. The smallest absolute Gasteiger partial charge is 0.227 e. The number of sulfonamides is 1. The molecule has 0 aromatic heterocycles. The van der Waals surface area contributed by atoms with E-state index in [1.807, 2.05) is 44.2 Å². The Morgan fingerprint density at radius 1 is 1.23 bits per heavy atom. The van der Waals surface area contributed by atoms with Crippen LogP contribution in [0, 0.1) is 0 Å². The van der Waals surface area contributed by atoms with Crippen molar-refractivity contribution in [2.75, 3.05) is 22.6 Å². The minimum atomic E-state index is -3.56. The summed E-state index contributed by atoms with van der Waals surface area (Å²) >= 11 is 8.22. The van der Waals surface area contributed by atoms with E-state index < -0.39 is 28.3 Å². The molecule has 2 N–H and O–H groups in total. The van der Waals surface area contributed by atoms with E-state index in [0.717, 1.165) is 22.4 Å². The lowest BCUT2D eigenvalue weighted by Crippen LogP contribution is -2.53. The number of piperidine rings is 1. The third-order valence-corrected chi connectivity index (χ3v) is 9.34. The first-order valence-electron chi connectivity index (χ1n) is 11.4. The quantitative estimate of drug-likeness (QED) is 0.363. The minimum absolute atomic E-state index is 0.00150. The number of carbonyl (C=O) groups excluding carboxylic acids is 1. The van der Waals surface area contributed by atoms with Gasteiger partial charge in [0.2, 0.25) is 15.9 Å². The standard InChI is InChI=1S/C25H29ClIN3O4S/c1-15-12-24(32)29(3)22-13-19(8-9-20(15)22)30-23(31)11-10-21(28-35(33,34)14-16(2)27)25(30)17-4-6-18(26)7-5-17/h4-9,12-13,16,21,24-25,28,32H,10-11,14H2,1-3H3/t16?,21-,24?,25+/m0/s1. The predicted octanol–water partition coefficient (Wildman–Crippen LogP) is 4.49. The number of aliphatic hydroxyl groups excluding tert-OH is 1. The van der Waals surface area contributed by atoms with Crippen molar-refractivity contribution in [3.05, 3.63) is 64.7 Å². The highest BCUT2D eigenvalue weighted by Gasteiger charge is 2.40. The van der Waals surface area contributed by atoms with Crippen molar-refractivity contribution < 1.29 is 18.3 Å². The summed E-state index contributed by atoms with van der Waals surface area (Å²) in [4.78, 5) is 16.8. The lowest BCUT2D eigenvalue weighted by molar-refractivity contribution is -0.120. The SMILES string of the molecule is CC1=CC(O)N(C)c2cc(N3C(=O)CC[C@H](NS(=O)(=O)CC(C)I)[C@H]3c3ccc(Cl)cc3)ccc21. The zero-order valence-electron chi connectivity index (χ0n) is 19.8. The Morgan fingerprint density at radius 3 is 2.57 bits per heavy atom. The lowest BCUT2D eigenvalue weighted by atomic mass is 9.89. The highest BCUT2D eigenvalue weighted by molar-refractivity contribution is 14.1. The van der Waals surface area contributed by atoms with Gasteiger partial charge in [0.25, 0.3) is 0 Å². The lowest BCUT2D eigenvalue weighted by Gasteiger charge is -2.42. The first-order valence-corrected chi connectivity index (χ1v) is 14.7. The number of aliphatic hydroxyl groups is 1. The summed E-state index contributed by atoms with van der Waals surface area (Å²) in [6, 6.07) is 11.8. The zero-order valence-corrected chi connectivity index (χ0v) is 23.5. The topological polar surface area (TPSA) is 89.9 Å². The minimum Gasteiger partial charge on any atom is -0.370 e. The fourth-order valence-corrected chi connectivity index (χ4v) is 7.76.